The van der Waals surface area contributed by atoms with Gasteiger partial charge in [-0.3, -0.25) is 13.8 Å². The topological polar surface area (TPSA) is 55.4 Å². The Morgan fingerprint density at radius 2 is 1.45 bits per heavy atom. The predicted molar refractivity (Wildman–Crippen MR) is 131 cm³/mol. The van der Waals surface area contributed by atoms with Crippen molar-refractivity contribution in [1.29, 1.82) is 0 Å². The number of benzene rings is 3. The fourth-order valence-corrected chi connectivity index (χ4v) is 4.11. The molecule has 7 heteroatoms. The van der Waals surface area contributed by atoms with Crippen molar-refractivity contribution in [2.24, 2.45) is 0 Å². The van der Waals surface area contributed by atoms with E-state index in [0.29, 0.717) is 24.1 Å². The van der Waals surface area contributed by atoms with Crippen LogP contribution in [0.4, 0.5) is 5.95 Å². The Bertz CT molecular complexity index is 1420. The number of hydrogen-bond acceptors (Lipinski definition) is 4. The second kappa shape index (κ2) is 8.92. The van der Waals surface area contributed by atoms with Crippen molar-refractivity contribution in [2.75, 3.05) is 4.90 Å². The van der Waals surface area contributed by atoms with E-state index >= 15 is 0 Å². The number of rotatable bonds is 6. The molecule has 2 aromatic heterocycles. The summed E-state index contributed by atoms with van der Waals surface area (Å²) in [6, 6.07) is 25.9. The van der Waals surface area contributed by atoms with Crippen molar-refractivity contribution in [3.05, 3.63) is 123 Å². The summed E-state index contributed by atoms with van der Waals surface area (Å²) in [5.41, 5.74) is 3.87. The van der Waals surface area contributed by atoms with Crippen LogP contribution in [-0.2, 0) is 13.1 Å². The first-order valence-corrected chi connectivity index (χ1v) is 11.0. The third kappa shape index (κ3) is 4.13. The molecule has 0 spiro atoms. The van der Waals surface area contributed by atoms with Gasteiger partial charge in [-0.1, -0.05) is 78.3 Å². The van der Waals surface area contributed by atoms with Gasteiger partial charge >= 0.3 is 5.56 Å². The van der Waals surface area contributed by atoms with Crippen molar-refractivity contribution >= 4 is 23.2 Å². The number of fused-ring (bicyclic) bond motifs is 1. The lowest BCUT2D eigenvalue weighted by Crippen LogP contribution is -2.26. The van der Waals surface area contributed by atoms with Gasteiger partial charge in [-0.25, -0.2) is 0 Å². The summed E-state index contributed by atoms with van der Waals surface area (Å²) >= 11 is 6.28. The molecule has 0 atom stereocenters. The number of anilines is 1. The molecule has 164 valence electrons. The van der Waals surface area contributed by atoms with E-state index in [2.05, 4.69) is 39.4 Å². The number of aromatic nitrogens is 4. The normalized spacial score (nSPS) is 11.1. The van der Waals surface area contributed by atoms with Crippen molar-refractivity contribution in [3.8, 4) is 5.69 Å². The zero-order valence-electron chi connectivity index (χ0n) is 18.1. The van der Waals surface area contributed by atoms with Crippen molar-refractivity contribution in [3.63, 3.8) is 0 Å². The molecule has 5 rings (SSSR count). The molecule has 0 bridgehead atoms. The van der Waals surface area contributed by atoms with Crippen LogP contribution in [0.1, 0.15) is 16.7 Å². The summed E-state index contributed by atoms with van der Waals surface area (Å²) in [6.45, 7) is 3.16. The zero-order valence-corrected chi connectivity index (χ0v) is 18.9. The summed E-state index contributed by atoms with van der Waals surface area (Å²) in [5, 5.41) is 9.30. The lowest BCUT2D eigenvalue weighted by molar-refractivity contribution is 0.755. The van der Waals surface area contributed by atoms with Gasteiger partial charge in [0.2, 0.25) is 11.6 Å². The molecule has 5 aromatic rings. The third-order valence-corrected chi connectivity index (χ3v) is 6.08. The molecule has 2 heterocycles. The van der Waals surface area contributed by atoms with E-state index in [0.717, 1.165) is 22.4 Å². The van der Waals surface area contributed by atoms with Crippen molar-refractivity contribution in [2.45, 2.75) is 20.0 Å². The highest BCUT2D eigenvalue weighted by Crippen LogP contribution is 2.22. The summed E-state index contributed by atoms with van der Waals surface area (Å²) in [4.78, 5) is 15.4. The lowest BCUT2D eigenvalue weighted by Gasteiger charge is -2.23. The molecular weight excluding hydrogens is 434 g/mol. The number of hydrogen-bond donors (Lipinski definition) is 0. The molecule has 0 fully saturated rings. The van der Waals surface area contributed by atoms with E-state index < -0.39 is 0 Å². The predicted octanol–water partition coefficient (Wildman–Crippen LogP) is 5.05. The van der Waals surface area contributed by atoms with Crippen LogP contribution in [0, 0.1) is 6.92 Å². The van der Waals surface area contributed by atoms with Crippen molar-refractivity contribution in [1.82, 2.24) is 19.2 Å². The van der Waals surface area contributed by atoms with Crippen LogP contribution < -0.4 is 10.5 Å². The quantitative estimate of drug-likeness (QED) is 0.359. The number of nitrogens with zero attached hydrogens (tertiary/aromatic N) is 5. The van der Waals surface area contributed by atoms with Crippen LogP contribution in [0.15, 0.2) is 96.1 Å². The second-order valence-corrected chi connectivity index (χ2v) is 8.29. The van der Waals surface area contributed by atoms with Gasteiger partial charge in [0, 0.05) is 30.5 Å². The molecule has 0 aliphatic heterocycles. The highest BCUT2D eigenvalue weighted by atomic mass is 35.5. The minimum atomic E-state index is -0.249. The van der Waals surface area contributed by atoms with Gasteiger partial charge in [0.25, 0.3) is 0 Å². The molecular formula is C26H22ClN5O. The Morgan fingerprint density at radius 1 is 0.818 bits per heavy atom. The van der Waals surface area contributed by atoms with E-state index in [1.165, 1.54) is 0 Å². The Balaban J connectivity index is 1.59. The average molecular weight is 456 g/mol. The molecule has 0 amide bonds. The van der Waals surface area contributed by atoms with Gasteiger partial charge in [-0.2, -0.15) is 0 Å². The average Bonchev–Trinajstić information content (AvgIpc) is 3.27. The second-order valence-electron chi connectivity index (χ2n) is 7.88. The van der Waals surface area contributed by atoms with E-state index in [1.807, 2.05) is 67.7 Å². The molecule has 0 saturated heterocycles. The maximum absolute atomic E-state index is 13.3. The number of halogens is 1. The molecule has 3 aromatic carbocycles. The minimum Gasteiger partial charge on any atom is -0.332 e. The Kier molecular flexibility index (Phi) is 5.67. The van der Waals surface area contributed by atoms with Gasteiger partial charge in [0.15, 0.2) is 0 Å². The molecule has 0 N–H and O–H groups in total. The largest absolute Gasteiger partial charge is 0.332 e. The molecule has 0 aliphatic carbocycles. The fraction of sp³-hybridized carbons (Fsp3) is 0.115. The highest BCUT2D eigenvalue weighted by Gasteiger charge is 2.18. The molecule has 0 saturated carbocycles. The summed E-state index contributed by atoms with van der Waals surface area (Å²) in [6.07, 6.45) is 3.57. The van der Waals surface area contributed by atoms with Crippen molar-refractivity contribution < 1.29 is 0 Å². The molecule has 0 radical (unpaired) electrons. The maximum atomic E-state index is 13.3. The van der Waals surface area contributed by atoms with E-state index in [9.17, 15) is 4.79 Å². The fourth-order valence-electron chi connectivity index (χ4n) is 3.94. The van der Waals surface area contributed by atoms with E-state index in [4.69, 9.17) is 11.6 Å². The molecule has 0 unspecified atom stereocenters. The minimum absolute atomic E-state index is 0.249. The summed E-state index contributed by atoms with van der Waals surface area (Å²) in [7, 11) is 0. The molecule has 33 heavy (non-hydrogen) atoms. The Labute approximate surface area is 196 Å². The van der Waals surface area contributed by atoms with Crippen LogP contribution >= 0.6 is 11.6 Å². The third-order valence-electron chi connectivity index (χ3n) is 5.67. The van der Waals surface area contributed by atoms with Gasteiger partial charge in [0.05, 0.1) is 5.69 Å². The van der Waals surface area contributed by atoms with E-state index in [-0.39, 0.29) is 11.2 Å². The summed E-state index contributed by atoms with van der Waals surface area (Å²) < 4.78 is 3.32. The Morgan fingerprint density at radius 3 is 2.09 bits per heavy atom. The van der Waals surface area contributed by atoms with Crippen LogP contribution in [0.25, 0.3) is 11.3 Å². The van der Waals surface area contributed by atoms with Gasteiger partial charge in [-0.15, -0.1) is 10.2 Å². The Hall–Kier alpha value is -3.90. The van der Waals surface area contributed by atoms with Gasteiger partial charge < -0.3 is 4.90 Å². The maximum Gasteiger partial charge on any atom is 0.300 e. The van der Waals surface area contributed by atoms with Crippen LogP contribution in [-0.4, -0.2) is 19.2 Å². The summed E-state index contributed by atoms with van der Waals surface area (Å²) in [5.74, 6) is 0.616. The van der Waals surface area contributed by atoms with Crippen LogP contribution in [0.5, 0.6) is 0 Å². The first-order valence-electron chi connectivity index (χ1n) is 10.7. The van der Waals surface area contributed by atoms with Gasteiger partial charge in [0.1, 0.15) is 0 Å². The lowest BCUT2D eigenvalue weighted by atomic mass is 10.2. The SMILES string of the molecule is Cc1c(Cl)cccc1-n1ccn2c(N(Cc3ccccc3)Cc3ccccc3)nnc2c1=O. The smallest absolute Gasteiger partial charge is 0.300 e. The molecule has 0 aliphatic rings. The zero-order chi connectivity index (χ0) is 22.8. The standard InChI is InChI=1S/C26H22ClN5O/c1-19-22(27)13-8-14-23(19)31-15-16-32-24(25(31)33)28-29-26(32)30(17-20-9-4-2-5-10-20)18-21-11-6-3-7-12-21/h2-16H,17-18H2,1H3. The first-order chi connectivity index (χ1) is 16.1. The highest BCUT2D eigenvalue weighted by molar-refractivity contribution is 6.31. The van der Waals surface area contributed by atoms with Crippen LogP contribution in [0.3, 0.4) is 0 Å². The van der Waals surface area contributed by atoms with E-state index in [1.54, 1.807) is 15.2 Å². The van der Waals surface area contributed by atoms with Gasteiger partial charge in [-0.05, 0) is 35.7 Å². The first kappa shape index (κ1) is 21.0. The monoisotopic (exact) mass is 455 g/mol. The molecule has 6 nitrogen and oxygen atoms in total. The van der Waals surface area contributed by atoms with Crippen LogP contribution in [0.2, 0.25) is 5.02 Å².